The molecule has 0 aromatic heterocycles. The van der Waals surface area contributed by atoms with E-state index in [-0.39, 0.29) is 23.6 Å². The average molecular weight is 264 g/mol. The lowest BCUT2D eigenvalue weighted by atomic mass is 10.0. The zero-order valence-corrected chi connectivity index (χ0v) is 11.5. The van der Waals surface area contributed by atoms with Crippen LogP contribution in [0.2, 0.25) is 0 Å². The largest absolute Gasteiger partial charge is 0.506 e. The molecule has 2 amide bonds. The van der Waals surface area contributed by atoms with E-state index in [4.69, 9.17) is 0 Å². The molecule has 0 unspecified atom stereocenters. The van der Waals surface area contributed by atoms with E-state index in [1.165, 1.54) is 6.07 Å². The summed E-state index contributed by atoms with van der Waals surface area (Å²) in [7, 11) is 0. The van der Waals surface area contributed by atoms with Gasteiger partial charge >= 0.3 is 0 Å². The molecule has 5 nitrogen and oxygen atoms in total. The molecule has 0 aliphatic rings. The number of amides is 2. The molecule has 1 aromatic carbocycles. The summed E-state index contributed by atoms with van der Waals surface area (Å²) < 4.78 is 0. The smallest absolute Gasteiger partial charge is 0.233 e. The van der Waals surface area contributed by atoms with Crippen LogP contribution in [0, 0.1) is 0 Å². The van der Waals surface area contributed by atoms with Gasteiger partial charge in [0, 0.05) is 5.54 Å². The molecular weight excluding hydrogens is 244 g/mol. The van der Waals surface area contributed by atoms with Gasteiger partial charge in [-0.25, -0.2) is 0 Å². The lowest BCUT2D eigenvalue weighted by Crippen LogP contribution is -2.43. The Bertz CT molecular complexity index is 470. The summed E-state index contributed by atoms with van der Waals surface area (Å²) in [4.78, 5) is 23.3. The van der Waals surface area contributed by atoms with E-state index >= 15 is 0 Å². The number of hydrogen-bond donors (Lipinski definition) is 3. The topological polar surface area (TPSA) is 78.4 Å². The standard InChI is InChI=1S/C14H20N2O3/c1-4-14(2,3)16-13(19)9-12(18)15-10-7-5-6-8-11(10)17/h5-8,17H,4,9H2,1-3H3,(H,15,18)(H,16,19). The van der Waals surface area contributed by atoms with Crippen molar-refractivity contribution in [2.45, 2.75) is 39.2 Å². The van der Waals surface area contributed by atoms with Gasteiger partial charge in [0.1, 0.15) is 12.2 Å². The van der Waals surface area contributed by atoms with Crippen molar-refractivity contribution in [1.82, 2.24) is 5.32 Å². The quantitative estimate of drug-likeness (QED) is 0.562. The minimum atomic E-state index is -0.453. The Balaban J connectivity index is 2.52. The van der Waals surface area contributed by atoms with Crippen molar-refractivity contribution in [3.05, 3.63) is 24.3 Å². The van der Waals surface area contributed by atoms with Crippen LogP contribution in [0.4, 0.5) is 5.69 Å². The third-order valence-electron chi connectivity index (χ3n) is 2.86. The molecule has 19 heavy (non-hydrogen) atoms. The molecule has 3 N–H and O–H groups in total. The van der Waals surface area contributed by atoms with Gasteiger partial charge in [-0.15, -0.1) is 0 Å². The Hall–Kier alpha value is -2.04. The number of rotatable bonds is 5. The van der Waals surface area contributed by atoms with E-state index in [0.717, 1.165) is 6.42 Å². The number of benzene rings is 1. The predicted octanol–water partition coefficient (Wildman–Crippen LogP) is 2.03. The number of phenolic OH excluding ortho intramolecular Hbond substituents is 1. The first kappa shape index (κ1) is 15.0. The fourth-order valence-electron chi connectivity index (χ4n) is 1.43. The normalized spacial score (nSPS) is 10.9. The molecule has 0 aliphatic carbocycles. The molecule has 0 fully saturated rings. The third kappa shape index (κ3) is 4.99. The number of aromatic hydroxyl groups is 1. The SMILES string of the molecule is CCC(C)(C)NC(=O)CC(=O)Nc1ccccc1O. The summed E-state index contributed by atoms with van der Waals surface area (Å²) in [6, 6.07) is 6.38. The fraction of sp³-hybridized carbons (Fsp3) is 0.429. The second-order valence-electron chi connectivity index (χ2n) is 5.03. The second-order valence-corrected chi connectivity index (χ2v) is 5.03. The van der Waals surface area contributed by atoms with Gasteiger partial charge in [-0.2, -0.15) is 0 Å². The van der Waals surface area contributed by atoms with E-state index in [1.807, 2.05) is 20.8 Å². The van der Waals surface area contributed by atoms with Crippen molar-refractivity contribution >= 4 is 17.5 Å². The third-order valence-corrected chi connectivity index (χ3v) is 2.86. The van der Waals surface area contributed by atoms with Crippen LogP contribution in [0.15, 0.2) is 24.3 Å². The van der Waals surface area contributed by atoms with E-state index in [1.54, 1.807) is 18.2 Å². The van der Waals surface area contributed by atoms with Gasteiger partial charge < -0.3 is 15.7 Å². The van der Waals surface area contributed by atoms with Gasteiger partial charge in [0.2, 0.25) is 11.8 Å². The van der Waals surface area contributed by atoms with Crippen LogP contribution >= 0.6 is 0 Å². The number of carbonyl (C=O) groups is 2. The van der Waals surface area contributed by atoms with Crippen LogP contribution < -0.4 is 10.6 Å². The number of phenols is 1. The maximum Gasteiger partial charge on any atom is 0.233 e. The van der Waals surface area contributed by atoms with E-state index in [2.05, 4.69) is 10.6 Å². The summed E-state index contributed by atoms with van der Waals surface area (Å²) in [6.45, 7) is 5.75. The molecule has 1 rings (SSSR count). The number of nitrogens with one attached hydrogen (secondary N) is 2. The zero-order valence-electron chi connectivity index (χ0n) is 11.5. The Morgan fingerprint density at radius 1 is 1.21 bits per heavy atom. The van der Waals surface area contributed by atoms with Crippen molar-refractivity contribution in [1.29, 1.82) is 0 Å². The van der Waals surface area contributed by atoms with E-state index in [9.17, 15) is 14.7 Å². The van der Waals surface area contributed by atoms with Crippen molar-refractivity contribution in [2.75, 3.05) is 5.32 Å². The number of para-hydroxylation sites is 2. The molecule has 0 heterocycles. The van der Waals surface area contributed by atoms with E-state index in [0.29, 0.717) is 5.69 Å². The molecule has 0 spiro atoms. The van der Waals surface area contributed by atoms with Crippen LogP contribution in [-0.4, -0.2) is 22.5 Å². The highest BCUT2D eigenvalue weighted by Crippen LogP contribution is 2.21. The molecule has 0 radical (unpaired) electrons. The van der Waals surface area contributed by atoms with Crippen LogP contribution in [0.3, 0.4) is 0 Å². The summed E-state index contributed by atoms with van der Waals surface area (Å²) >= 11 is 0. The van der Waals surface area contributed by atoms with Gasteiger partial charge in [0.15, 0.2) is 0 Å². The summed E-state index contributed by atoms with van der Waals surface area (Å²) in [5.41, 5.74) is -0.0262. The first-order chi connectivity index (χ1) is 8.84. The molecule has 0 atom stereocenters. The first-order valence-electron chi connectivity index (χ1n) is 6.23. The molecule has 0 saturated carbocycles. The van der Waals surface area contributed by atoms with Gasteiger partial charge in [0.05, 0.1) is 5.69 Å². The lowest BCUT2D eigenvalue weighted by molar-refractivity contribution is -0.127. The van der Waals surface area contributed by atoms with Crippen LogP contribution in [0.25, 0.3) is 0 Å². The zero-order chi connectivity index (χ0) is 14.5. The minimum absolute atomic E-state index is 0.0230. The van der Waals surface area contributed by atoms with Gasteiger partial charge in [-0.05, 0) is 32.4 Å². The van der Waals surface area contributed by atoms with Gasteiger partial charge in [-0.1, -0.05) is 19.1 Å². The van der Waals surface area contributed by atoms with Crippen LogP contribution in [0.5, 0.6) is 5.75 Å². The highest BCUT2D eigenvalue weighted by Gasteiger charge is 2.19. The summed E-state index contributed by atoms with van der Waals surface area (Å²) in [6.07, 6.45) is 0.512. The average Bonchev–Trinajstić information content (AvgIpc) is 2.31. The van der Waals surface area contributed by atoms with Crippen molar-refractivity contribution in [3.8, 4) is 5.75 Å². The molecule has 0 aliphatic heterocycles. The predicted molar refractivity (Wildman–Crippen MR) is 73.9 cm³/mol. The molecule has 104 valence electrons. The molecular formula is C14H20N2O3. The minimum Gasteiger partial charge on any atom is -0.506 e. The number of hydrogen-bond acceptors (Lipinski definition) is 3. The Labute approximate surface area is 113 Å². The molecule has 5 heteroatoms. The molecule has 0 bridgehead atoms. The van der Waals surface area contributed by atoms with Crippen LogP contribution in [-0.2, 0) is 9.59 Å². The van der Waals surface area contributed by atoms with Gasteiger partial charge in [-0.3, -0.25) is 9.59 Å². The fourth-order valence-corrected chi connectivity index (χ4v) is 1.43. The highest BCUT2D eigenvalue weighted by molar-refractivity contribution is 6.04. The first-order valence-corrected chi connectivity index (χ1v) is 6.23. The van der Waals surface area contributed by atoms with Gasteiger partial charge in [0.25, 0.3) is 0 Å². The Morgan fingerprint density at radius 3 is 2.42 bits per heavy atom. The summed E-state index contributed by atoms with van der Waals surface area (Å²) in [5, 5.41) is 14.8. The highest BCUT2D eigenvalue weighted by atomic mass is 16.3. The van der Waals surface area contributed by atoms with Crippen molar-refractivity contribution in [2.24, 2.45) is 0 Å². The van der Waals surface area contributed by atoms with Crippen LogP contribution in [0.1, 0.15) is 33.6 Å². The number of anilines is 1. The molecule has 0 saturated heterocycles. The Morgan fingerprint density at radius 2 is 1.84 bits per heavy atom. The maximum atomic E-state index is 11.7. The molecule has 1 aromatic rings. The second kappa shape index (κ2) is 6.22. The van der Waals surface area contributed by atoms with E-state index < -0.39 is 5.91 Å². The number of carbonyl (C=O) groups excluding carboxylic acids is 2. The summed E-state index contributed by atoms with van der Waals surface area (Å²) in [5.74, 6) is -0.809. The monoisotopic (exact) mass is 264 g/mol. The lowest BCUT2D eigenvalue weighted by Gasteiger charge is -2.24. The maximum absolute atomic E-state index is 11.7. The van der Waals surface area contributed by atoms with Crippen molar-refractivity contribution < 1.29 is 14.7 Å². The Kier molecular flexibility index (Phi) is 4.92. The van der Waals surface area contributed by atoms with Crippen molar-refractivity contribution in [3.63, 3.8) is 0 Å².